The fourth-order valence-electron chi connectivity index (χ4n) is 0.603. The summed E-state index contributed by atoms with van der Waals surface area (Å²) in [5, 5.41) is 23.5. The molecule has 0 saturated carbocycles. The lowest BCUT2D eigenvalue weighted by molar-refractivity contribution is 0.199. The van der Waals surface area contributed by atoms with E-state index in [2.05, 4.69) is 20.1 Å². The van der Waals surface area contributed by atoms with Gasteiger partial charge in [0.25, 0.3) is 0 Å². The first-order valence-electron chi connectivity index (χ1n) is 3.10. The highest BCUT2D eigenvalue weighted by Crippen LogP contribution is 2.03. The predicted molar refractivity (Wildman–Crippen MR) is 40.0 cm³/mol. The molecule has 0 fully saturated rings. The molecule has 0 aliphatic rings. The molecule has 0 aromatic heterocycles. The Morgan fingerprint density at radius 1 is 1.00 bits per heavy atom. The average Bonchev–Trinajstić information content (AvgIpc) is 2.11. The summed E-state index contributed by atoms with van der Waals surface area (Å²) in [5.74, 6) is 0. The Bertz CT molecular complexity index is 194. The summed E-state index contributed by atoms with van der Waals surface area (Å²) in [7, 11) is 0. The molecular weight excluding hydrogens is 164 g/mol. The minimum absolute atomic E-state index is 0.464. The third-order valence-electron chi connectivity index (χ3n) is 1.22. The van der Waals surface area contributed by atoms with Gasteiger partial charge in [-0.15, -0.1) is 0 Å². The van der Waals surface area contributed by atoms with Gasteiger partial charge in [-0.25, -0.2) is 0 Å². The minimum atomic E-state index is -0.907. The molecule has 12 heavy (non-hydrogen) atoms. The lowest BCUT2D eigenvalue weighted by Crippen LogP contribution is -2.28. The van der Waals surface area contributed by atoms with Crippen LogP contribution in [0.4, 0.5) is 0 Å². The third kappa shape index (κ3) is 3.09. The first-order chi connectivity index (χ1) is 5.79. The van der Waals surface area contributed by atoms with E-state index in [4.69, 9.17) is 21.3 Å². The van der Waals surface area contributed by atoms with Crippen LogP contribution in [-0.4, -0.2) is 35.5 Å². The van der Waals surface area contributed by atoms with E-state index in [0.717, 1.165) is 0 Å². The Hall–Kier alpha value is -1.46. The van der Waals surface area contributed by atoms with Gasteiger partial charge in [0.2, 0.25) is 0 Å². The summed E-state index contributed by atoms with van der Waals surface area (Å²) in [4.78, 5) is 4.86. The number of aliphatic hydroxyl groups is 2. The number of aliphatic hydroxyl groups excluding tert-OH is 2. The van der Waals surface area contributed by atoms with Crippen LogP contribution in [0.15, 0.2) is 10.2 Å². The van der Waals surface area contributed by atoms with Crippen LogP contribution in [0.2, 0.25) is 0 Å². The van der Waals surface area contributed by atoms with Gasteiger partial charge in [0.15, 0.2) is 0 Å². The van der Waals surface area contributed by atoms with E-state index in [0.29, 0.717) is 0 Å². The maximum Gasteiger partial charge on any atom is 0.0711 e. The second-order valence-electron chi connectivity index (χ2n) is 1.91. The van der Waals surface area contributed by atoms with Gasteiger partial charge in [0.05, 0.1) is 25.3 Å². The topological polar surface area (TPSA) is 138 Å². The number of hydrogen-bond donors (Lipinski definition) is 2. The highest BCUT2D eigenvalue weighted by atomic mass is 16.3. The van der Waals surface area contributed by atoms with Crippen molar-refractivity contribution in [1.82, 2.24) is 0 Å². The van der Waals surface area contributed by atoms with E-state index in [1.54, 1.807) is 0 Å². The van der Waals surface area contributed by atoms with Crippen molar-refractivity contribution in [3.8, 4) is 0 Å². The Morgan fingerprint density at radius 2 is 1.33 bits per heavy atom. The van der Waals surface area contributed by atoms with Crippen molar-refractivity contribution in [3.63, 3.8) is 0 Å². The number of azide groups is 2. The SMILES string of the molecule is [N-]=[N+]=NC(CO)C(CO)N=[N+]=[N-]. The summed E-state index contributed by atoms with van der Waals surface area (Å²) in [6, 6.07) is -1.81. The van der Waals surface area contributed by atoms with Crippen LogP contribution in [0.3, 0.4) is 0 Å². The van der Waals surface area contributed by atoms with Crippen molar-refractivity contribution >= 4 is 0 Å². The maximum absolute atomic E-state index is 8.63. The monoisotopic (exact) mass is 172 g/mol. The lowest BCUT2D eigenvalue weighted by atomic mass is 10.2. The van der Waals surface area contributed by atoms with Crippen LogP contribution in [0, 0.1) is 0 Å². The molecule has 0 spiro atoms. The maximum atomic E-state index is 8.63. The summed E-state index contributed by atoms with van der Waals surface area (Å²) in [5.41, 5.74) is 16.0. The fourth-order valence-corrected chi connectivity index (χ4v) is 0.603. The molecule has 0 saturated heterocycles. The van der Waals surface area contributed by atoms with Gasteiger partial charge in [-0.3, -0.25) is 0 Å². The Labute approximate surface area is 67.7 Å². The normalized spacial score (nSPS) is 13.8. The molecule has 66 valence electrons. The summed E-state index contributed by atoms with van der Waals surface area (Å²) in [6.45, 7) is -0.928. The Kier molecular flexibility index (Phi) is 5.50. The van der Waals surface area contributed by atoms with Gasteiger partial charge < -0.3 is 10.2 Å². The average molecular weight is 172 g/mol. The molecule has 0 aromatic rings. The molecule has 0 amide bonds. The van der Waals surface area contributed by atoms with Crippen molar-refractivity contribution in [2.45, 2.75) is 12.1 Å². The standard InChI is InChI=1S/C4H8N6O2/c5-9-7-3(1-11)4(2-12)8-10-6/h3-4,11-12H,1-2H2. The van der Waals surface area contributed by atoms with Crippen molar-refractivity contribution in [1.29, 1.82) is 0 Å². The van der Waals surface area contributed by atoms with Gasteiger partial charge in [-0.1, -0.05) is 10.2 Å². The second kappa shape index (κ2) is 6.26. The van der Waals surface area contributed by atoms with Crippen molar-refractivity contribution in [2.75, 3.05) is 13.2 Å². The van der Waals surface area contributed by atoms with E-state index in [1.165, 1.54) is 0 Å². The molecule has 2 atom stereocenters. The van der Waals surface area contributed by atoms with Crippen molar-refractivity contribution in [2.24, 2.45) is 10.2 Å². The van der Waals surface area contributed by atoms with E-state index < -0.39 is 25.3 Å². The molecule has 0 aliphatic carbocycles. The second-order valence-corrected chi connectivity index (χ2v) is 1.91. The van der Waals surface area contributed by atoms with Gasteiger partial charge in [-0.05, 0) is 11.1 Å². The van der Waals surface area contributed by atoms with Gasteiger partial charge in [0.1, 0.15) is 0 Å². The Balaban J connectivity index is 4.41. The summed E-state index contributed by atoms with van der Waals surface area (Å²) < 4.78 is 0. The highest BCUT2D eigenvalue weighted by molar-refractivity contribution is 4.81. The zero-order valence-corrected chi connectivity index (χ0v) is 6.15. The molecule has 8 heteroatoms. The first kappa shape index (κ1) is 10.5. The fraction of sp³-hybridized carbons (Fsp3) is 1.00. The van der Waals surface area contributed by atoms with Crippen molar-refractivity contribution in [3.05, 3.63) is 20.9 Å². The smallest absolute Gasteiger partial charge is 0.0711 e. The van der Waals surface area contributed by atoms with Gasteiger partial charge >= 0.3 is 0 Å². The summed E-state index contributed by atoms with van der Waals surface area (Å²) >= 11 is 0. The van der Waals surface area contributed by atoms with Crippen LogP contribution in [0.25, 0.3) is 20.9 Å². The first-order valence-corrected chi connectivity index (χ1v) is 3.10. The van der Waals surface area contributed by atoms with E-state index >= 15 is 0 Å². The molecular formula is C4H8N6O2. The number of rotatable bonds is 5. The van der Waals surface area contributed by atoms with Gasteiger partial charge in [0, 0.05) is 9.82 Å². The molecule has 0 heterocycles. The number of hydrogen-bond acceptors (Lipinski definition) is 4. The largest absolute Gasteiger partial charge is 0.396 e. The number of nitrogens with zero attached hydrogens (tertiary/aromatic N) is 6. The molecule has 2 unspecified atom stereocenters. The Morgan fingerprint density at radius 3 is 1.50 bits per heavy atom. The van der Waals surface area contributed by atoms with Crippen LogP contribution in [-0.2, 0) is 0 Å². The molecule has 2 N–H and O–H groups in total. The van der Waals surface area contributed by atoms with Crippen LogP contribution in [0.5, 0.6) is 0 Å². The third-order valence-corrected chi connectivity index (χ3v) is 1.22. The molecule has 0 rings (SSSR count). The molecule has 0 aromatic carbocycles. The lowest BCUT2D eigenvalue weighted by Gasteiger charge is -2.12. The minimum Gasteiger partial charge on any atom is -0.396 e. The molecule has 0 aliphatic heterocycles. The quantitative estimate of drug-likeness (QED) is 0.350. The van der Waals surface area contributed by atoms with E-state index in [-0.39, 0.29) is 0 Å². The molecule has 8 nitrogen and oxygen atoms in total. The van der Waals surface area contributed by atoms with Crippen LogP contribution in [0.1, 0.15) is 0 Å². The molecule has 0 bridgehead atoms. The highest BCUT2D eigenvalue weighted by Gasteiger charge is 2.16. The van der Waals surface area contributed by atoms with E-state index in [1.807, 2.05) is 0 Å². The van der Waals surface area contributed by atoms with E-state index in [9.17, 15) is 0 Å². The molecule has 0 radical (unpaired) electrons. The van der Waals surface area contributed by atoms with Crippen LogP contribution >= 0.6 is 0 Å². The van der Waals surface area contributed by atoms with Crippen molar-refractivity contribution < 1.29 is 10.2 Å². The summed E-state index contributed by atoms with van der Waals surface area (Å²) in [6.07, 6.45) is 0. The van der Waals surface area contributed by atoms with Crippen LogP contribution < -0.4 is 0 Å². The zero-order valence-electron chi connectivity index (χ0n) is 6.15. The van der Waals surface area contributed by atoms with Gasteiger partial charge in [-0.2, -0.15) is 0 Å². The predicted octanol–water partition coefficient (Wildman–Crippen LogP) is 0.329. The zero-order chi connectivity index (χ0) is 9.40.